The van der Waals surface area contributed by atoms with Crippen molar-refractivity contribution in [2.45, 2.75) is 13.0 Å². The van der Waals surface area contributed by atoms with Crippen LogP contribution in [0, 0.1) is 4.77 Å². The second-order valence-corrected chi connectivity index (χ2v) is 4.70. The third-order valence-corrected chi connectivity index (χ3v) is 3.15. The van der Waals surface area contributed by atoms with Crippen molar-refractivity contribution in [2.24, 2.45) is 0 Å². The molecule has 0 fully saturated rings. The number of hydrogen-bond acceptors (Lipinski definition) is 5. The molecule has 0 saturated carbocycles. The first-order valence-corrected chi connectivity index (χ1v) is 6.95. The number of aromatic nitrogens is 4. The molecule has 2 rings (SSSR count). The molecule has 112 valence electrons. The summed E-state index contributed by atoms with van der Waals surface area (Å²) in [7, 11) is 1.59. The minimum atomic E-state index is -0.0536. The van der Waals surface area contributed by atoms with Crippen molar-refractivity contribution in [2.75, 3.05) is 20.3 Å². The molecule has 2 heterocycles. The van der Waals surface area contributed by atoms with Crippen LogP contribution in [0.3, 0.4) is 0 Å². The Kier molecular flexibility index (Phi) is 5.59. The lowest BCUT2D eigenvalue weighted by molar-refractivity contribution is -0.121. The number of aromatic amines is 1. The van der Waals surface area contributed by atoms with Gasteiger partial charge in [0, 0.05) is 32.8 Å². The number of carbonyl (C=O) groups excluding carboxylic acids is 1. The topological polar surface area (TPSA) is 84.8 Å². The van der Waals surface area contributed by atoms with E-state index >= 15 is 0 Å². The van der Waals surface area contributed by atoms with Crippen molar-refractivity contribution in [1.82, 2.24) is 25.1 Å². The minimum absolute atomic E-state index is 0.0536. The van der Waals surface area contributed by atoms with Gasteiger partial charge in [-0.2, -0.15) is 5.10 Å². The highest BCUT2D eigenvalue weighted by molar-refractivity contribution is 7.71. The number of H-pyrrole nitrogens is 1. The van der Waals surface area contributed by atoms with Crippen LogP contribution < -0.4 is 5.32 Å². The highest BCUT2D eigenvalue weighted by Crippen LogP contribution is 2.14. The Morgan fingerprint density at radius 1 is 1.52 bits per heavy atom. The van der Waals surface area contributed by atoms with Gasteiger partial charge < -0.3 is 10.1 Å². The molecule has 8 heteroatoms. The SMILES string of the molecule is COCCNC(=O)CCn1c(-c2ccccn2)n[nH]c1=S. The molecule has 0 aliphatic heterocycles. The Balaban J connectivity index is 2.02. The van der Waals surface area contributed by atoms with Gasteiger partial charge in [-0.15, -0.1) is 0 Å². The molecule has 0 aliphatic rings. The van der Waals surface area contributed by atoms with E-state index in [4.69, 9.17) is 17.0 Å². The number of hydrogen-bond donors (Lipinski definition) is 2. The van der Waals surface area contributed by atoms with E-state index in [0.29, 0.717) is 42.4 Å². The van der Waals surface area contributed by atoms with Crippen molar-refractivity contribution in [3.8, 4) is 11.5 Å². The number of amides is 1. The van der Waals surface area contributed by atoms with Gasteiger partial charge in [0.15, 0.2) is 10.6 Å². The largest absolute Gasteiger partial charge is 0.383 e. The van der Waals surface area contributed by atoms with E-state index in [1.165, 1.54) is 0 Å². The van der Waals surface area contributed by atoms with Crippen LogP contribution >= 0.6 is 12.2 Å². The quantitative estimate of drug-likeness (QED) is 0.592. The lowest BCUT2D eigenvalue weighted by atomic mass is 10.3. The van der Waals surface area contributed by atoms with Crippen molar-refractivity contribution in [3.63, 3.8) is 0 Å². The van der Waals surface area contributed by atoms with E-state index in [1.54, 1.807) is 17.9 Å². The number of rotatable bonds is 7. The molecular weight excluding hydrogens is 290 g/mol. The summed E-state index contributed by atoms with van der Waals surface area (Å²) in [6, 6.07) is 5.56. The monoisotopic (exact) mass is 307 g/mol. The van der Waals surface area contributed by atoms with E-state index in [1.807, 2.05) is 18.2 Å². The maximum absolute atomic E-state index is 11.7. The lowest BCUT2D eigenvalue weighted by Gasteiger charge is -2.07. The van der Waals surface area contributed by atoms with Crippen LogP contribution in [0.15, 0.2) is 24.4 Å². The highest BCUT2D eigenvalue weighted by atomic mass is 32.1. The Morgan fingerprint density at radius 3 is 3.10 bits per heavy atom. The van der Waals surface area contributed by atoms with Crippen LogP contribution in [0.2, 0.25) is 0 Å². The molecule has 1 amide bonds. The van der Waals surface area contributed by atoms with Gasteiger partial charge in [0.05, 0.1) is 6.61 Å². The van der Waals surface area contributed by atoms with E-state index in [2.05, 4.69) is 20.5 Å². The summed E-state index contributed by atoms with van der Waals surface area (Å²) in [5.74, 6) is 0.576. The van der Waals surface area contributed by atoms with Crippen LogP contribution in [0.4, 0.5) is 0 Å². The van der Waals surface area contributed by atoms with Gasteiger partial charge in [-0.1, -0.05) is 6.07 Å². The Bertz CT molecular complexity index is 638. The summed E-state index contributed by atoms with van der Waals surface area (Å²) in [5.41, 5.74) is 0.713. The smallest absolute Gasteiger partial charge is 0.221 e. The maximum atomic E-state index is 11.7. The van der Waals surface area contributed by atoms with Gasteiger partial charge in [-0.05, 0) is 24.4 Å². The van der Waals surface area contributed by atoms with Crippen molar-refractivity contribution in [1.29, 1.82) is 0 Å². The van der Waals surface area contributed by atoms with Gasteiger partial charge in [-0.25, -0.2) is 0 Å². The minimum Gasteiger partial charge on any atom is -0.383 e. The average molecular weight is 307 g/mol. The molecule has 21 heavy (non-hydrogen) atoms. The fraction of sp³-hybridized carbons (Fsp3) is 0.385. The first-order chi connectivity index (χ1) is 10.2. The third kappa shape index (κ3) is 4.20. The zero-order valence-electron chi connectivity index (χ0n) is 11.7. The van der Waals surface area contributed by atoms with Gasteiger partial charge in [0.2, 0.25) is 5.91 Å². The summed E-state index contributed by atoms with van der Waals surface area (Å²) in [5, 5.41) is 9.67. The summed E-state index contributed by atoms with van der Waals surface area (Å²) in [4.78, 5) is 16.0. The molecule has 0 bridgehead atoms. The first-order valence-electron chi connectivity index (χ1n) is 6.54. The number of carbonyl (C=O) groups is 1. The molecule has 0 aromatic carbocycles. The maximum Gasteiger partial charge on any atom is 0.221 e. The zero-order chi connectivity index (χ0) is 15.1. The number of ether oxygens (including phenoxy) is 1. The third-order valence-electron chi connectivity index (χ3n) is 2.84. The summed E-state index contributed by atoms with van der Waals surface area (Å²) < 4.78 is 7.12. The second-order valence-electron chi connectivity index (χ2n) is 4.31. The number of pyridine rings is 1. The Hall–Kier alpha value is -2.06. The summed E-state index contributed by atoms with van der Waals surface area (Å²) >= 11 is 5.20. The second kappa shape index (κ2) is 7.65. The molecule has 0 unspecified atom stereocenters. The van der Waals surface area contributed by atoms with Crippen molar-refractivity contribution >= 4 is 18.1 Å². The standard InChI is InChI=1S/C13H17N5O2S/c1-20-9-7-15-11(19)5-8-18-12(16-17-13(18)21)10-4-2-3-6-14-10/h2-4,6H,5,7-9H2,1H3,(H,15,19)(H,17,21). The van der Waals surface area contributed by atoms with Gasteiger partial charge in [0.1, 0.15) is 5.69 Å². The molecule has 0 aliphatic carbocycles. The summed E-state index contributed by atoms with van der Waals surface area (Å²) in [6.07, 6.45) is 2.01. The van der Waals surface area contributed by atoms with Crippen molar-refractivity contribution < 1.29 is 9.53 Å². The number of nitrogens with one attached hydrogen (secondary N) is 2. The fourth-order valence-corrected chi connectivity index (χ4v) is 2.03. The highest BCUT2D eigenvalue weighted by Gasteiger charge is 2.11. The lowest BCUT2D eigenvalue weighted by Crippen LogP contribution is -2.27. The van der Waals surface area contributed by atoms with E-state index in [9.17, 15) is 4.79 Å². The fourth-order valence-electron chi connectivity index (χ4n) is 1.81. The van der Waals surface area contributed by atoms with Crippen LogP contribution in [0.1, 0.15) is 6.42 Å². The normalized spacial score (nSPS) is 10.5. The van der Waals surface area contributed by atoms with Crippen molar-refractivity contribution in [3.05, 3.63) is 29.2 Å². The predicted octanol–water partition coefficient (Wildman–Crippen LogP) is 1.16. The van der Waals surface area contributed by atoms with Crippen LogP contribution in [-0.4, -0.2) is 45.9 Å². The van der Waals surface area contributed by atoms with E-state index in [-0.39, 0.29) is 5.91 Å². The molecule has 2 aromatic rings. The number of nitrogens with zero attached hydrogens (tertiary/aromatic N) is 3. The van der Waals surface area contributed by atoms with Crippen LogP contribution in [-0.2, 0) is 16.1 Å². The van der Waals surface area contributed by atoms with Gasteiger partial charge in [0.25, 0.3) is 0 Å². The molecule has 0 radical (unpaired) electrons. The number of methoxy groups -OCH3 is 1. The molecular formula is C13H17N5O2S. The molecule has 2 N–H and O–H groups in total. The first kappa shape index (κ1) is 15.3. The Labute approximate surface area is 127 Å². The van der Waals surface area contributed by atoms with E-state index < -0.39 is 0 Å². The molecule has 0 spiro atoms. The molecule has 2 aromatic heterocycles. The average Bonchev–Trinajstić information content (AvgIpc) is 2.87. The predicted molar refractivity (Wildman–Crippen MR) is 80.1 cm³/mol. The Morgan fingerprint density at radius 2 is 2.38 bits per heavy atom. The van der Waals surface area contributed by atoms with Gasteiger partial charge in [-0.3, -0.25) is 19.4 Å². The molecule has 7 nitrogen and oxygen atoms in total. The van der Waals surface area contributed by atoms with Gasteiger partial charge >= 0.3 is 0 Å². The zero-order valence-corrected chi connectivity index (χ0v) is 12.5. The molecule has 0 atom stereocenters. The molecule has 0 saturated heterocycles. The summed E-state index contributed by atoms with van der Waals surface area (Å²) in [6.45, 7) is 1.44. The van der Waals surface area contributed by atoms with Crippen LogP contribution in [0.25, 0.3) is 11.5 Å². The van der Waals surface area contributed by atoms with Crippen LogP contribution in [0.5, 0.6) is 0 Å². The van der Waals surface area contributed by atoms with E-state index in [0.717, 1.165) is 0 Å².